The van der Waals surface area contributed by atoms with E-state index in [1.54, 1.807) is 25.1 Å². The molecule has 2 N–H and O–H groups in total. The molecule has 2 aromatic rings. The Bertz CT molecular complexity index is 652. The van der Waals surface area contributed by atoms with Gasteiger partial charge in [-0.1, -0.05) is 28.1 Å². The number of H-pyrrole nitrogens is 1. The summed E-state index contributed by atoms with van der Waals surface area (Å²) < 4.78 is 26.7. The highest BCUT2D eigenvalue weighted by atomic mass is 79.9. The van der Waals surface area contributed by atoms with Gasteiger partial charge in [-0.05, 0) is 24.6 Å². The Morgan fingerprint density at radius 3 is 2.83 bits per heavy atom. The topological polar surface area (TPSA) is 74.8 Å². The van der Waals surface area contributed by atoms with E-state index in [9.17, 15) is 8.42 Å². The minimum Gasteiger partial charge on any atom is -0.281 e. The van der Waals surface area contributed by atoms with Gasteiger partial charge in [-0.15, -0.1) is 0 Å². The van der Waals surface area contributed by atoms with Crippen LogP contribution in [-0.4, -0.2) is 18.6 Å². The van der Waals surface area contributed by atoms with Crippen LogP contribution in [0.5, 0.6) is 0 Å². The van der Waals surface area contributed by atoms with Crippen molar-refractivity contribution < 1.29 is 8.42 Å². The number of sulfonamides is 1. The number of rotatable bonds is 4. The van der Waals surface area contributed by atoms with Crippen LogP contribution >= 0.6 is 15.9 Å². The van der Waals surface area contributed by atoms with Crippen LogP contribution in [0.1, 0.15) is 11.3 Å². The molecule has 1 heterocycles. The van der Waals surface area contributed by atoms with Gasteiger partial charge in [-0.2, -0.15) is 5.10 Å². The number of hydrogen-bond acceptors (Lipinski definition) is 3. The second-order valence-corrected chi connectivity index (χ2v) is 6.01. The normalized spacial score (nSPS) is 11.4. The van der Waals surface area contributed by atoms with Crippen molar-refractivity contribution in [2.45, 2.75) is 17.1 Å². The summed E-state index contributed by atoms with van der Waals surface area (Å²) in [4.78, 5) is 0.159. The summed E-state index contributed by atoms with van der Waals surface area (Å²) in [6.45, 7) is 1.66. The lowest BCUT2D eigenvalue weighted by Gasteiger charge is -2.08. The van der Waals surface area contributed by atoms with Crippen molar-refractivity contribution in [1.29, 1.82) is 0 Å². The molecule has 0 bridgehead atoms. The number of hydrogen-bond donors (Lipinski definition) is 2. The number of nitrogens with one attached hydrogen (secondary N) is 2. The van der Waals surface area contributed by atoms with E-state index >= 15 is 0 Å². The lowest BCUT2D eigenvalue weighted by molar-refractivity contribution is 0.600. The molecule has 5 nitrogen and oxygen atoms in total. The van der Waals surface area contributed by atoms with Crippen LogP contribution in [0.15, 0.2) is 35.4 Å². The van der Waals surface area contributed by atoms with Crippen LogP contribution in [0, 0.1) is 6.92 Å². The number of halogens is 1. The molecule has 7 heteroatoms. The highest BCUT2D eigenvalue weighted by Gasteiger charge is 2.18. The molecular formula is C11H12BrN3O2S. The minimum atomic E-state index is -3.58. The average Bonchev–Trinajstić information content (AvgIpc) is 2.76. The number of aromatic nitrogens is 2. The van der Waals surface area contributed by atoms with E-state index in [1.165, 1.54) is 6.20 Å². The molecule has 0 saturated carbocycles. The van der Waals surface area contributed by atoms with Gasteiger partial charge in [0.15, 0.2) is 0 Å². The molecule has 0 saturated heterocycles. The van der Waals surface area contributed by atoms with Crippen molar-refractivity contribution in [3.8, 4) is 0 Å². The summed E-state index contributed by atoms with van der Waals surface area (Å²) in [5.41, 5.74) is 2.05. The van der Waals surface area contributed by atoms with E-state index in [4.69, 9.17) is 0 Å². The Morgan fingerprint density at radius 2 is 2.22 bits per heavy atom. The minimum absolute atomic E-state index is 0.159. The third-order valence-electron chi connectivity index (χ3n) is 2.41. The van der Waals surface area contributed by atoms with E-state index in [0.29, 0.717) is 16.7 Å². The van der Waals surface area contributed by atoms with E-state index in [0.717, 1.165) is 5.56 Å². The van der Waals surface area contributed by atoms with E-state index < -0.39 is 10.0 Å². The maximum atomic E-state index is 12.1. The molecular weight excluding hydrogens is 318 g/mol. The van der Waals surface area contributed by atoms with E-state index in [2.05, 4.69) is 30.8 Å². The number of nitrogens with zero attached hydrogens (tertiary/aromatic N) is 1. The lowest BCUT2D eigenvalue weighted by Crippen LogP contribution is -2.13. The zero-order valence-corrected chi connectivity index (χ0v) is 12.0. The summed E-state index contributed by atoms with van der Waals surface area (Å²) in [5, 5.41) is 6.99. The first-order valence-corrected chi connectivity index (χ1v) is 7.81. The molecule has 0 amide bonds. The summed E-state index contributed by atoms with van der Waals surface area (Å²) in [7, 11) is -3.58. The first kappa shape index (κ1) is 13.1. The standard InChI is InChI=1S/C11H12BrN3O2S/c1-8-11(7-13-14-8)18(16,17)15-10-4-2-3-9(5-10)6-12/h2-5,7,15H,6H2,1H3,(H,13,14). The second kappa shape index (κ2) is 5.11. The van der Waals surface area contributed by atoms with Crippen molar-refractivity contribution in [2.75, 3.05) is 4.72 Å². The van der Waals surface area contributed by atoms with E-state index in [1.807, 2.05) is 6.07 Å². The maximum absolute atomic E-state index is 12.1. The number of benzene rings is 1. The first-order chi connectivity index (χ1) is 8.53. The van der Waals surface area contributed by atoms with Gasteiger partial charge in [0.1, 0.15) is 4.90 Å². The predicted molar refractivity (Wildman–Crippen MR) is 73.2 cm³/mol. The first-order valence-electron chi connectivity index (χ1n) is 5.20. The summed E-state index contributed by atoms with van der Waals surface area (Å²) >= 11 is 3.33. The molecule has 2 rings (SSSR count). The van der Waals surface area contributed by atoms with Gasteiger partial charge in [0.05, 0.1) is 11.9 Å². The Balaban J connectivity index is 2.31. The van der Waals surface area contributed by atoms with Gasteiger partial charge in [0.25, 0.3) is 10.0 Å². The zero-order valence-electron chi connectivity index (χ0n) is 9.64. The number of anilines is 1. The quantitative estimate of drug-likeness (QED) is 0.846. The highest BCUT2D eigenvalue weighted by Crippen LogP contribution is 2.19. The van der Waals surface area contributed by atoms with Crippen LogP contribution in [0.4, 0.5) is 5.69 Å². The largest absolute Gasteiger partial charge is 0.281 e. The summed E-state index contributed by atoms with van der Waals surface area (Å²) in [6.07, 6.45) is 1.30. The van der Waals surface area contributed by atoms with Gasteiger partial charge in [-0.3, -0.25) is 9.82 Å². The third-order valence-corrected chi connectivity index (χ3v) is 4.55. The second-order valence-electron chi connectivity index (χ2n) is 3.80. The third kappa shape index (κ3) is 2.73. The predicted octanol–water partition coefficient (Wildman–Crippen LogP) is 2.41. The van der Waals surface area contributed by atoms with Crippen LogP contribution in [0.2, 0.25) is 0 Å². The van der Waals surface area contributed by atoms with Crippen molar-refractivity contribution in [3.05, 3.63) is 41.7 Å². The smallest absolute Gasteiger partial charge is 0.265 e. The van der Waals surface area contributed by atoms with Crippen molar-refractivity contribution in [3.63, 3.8) is 0 Å². The molecule has 1 aromatic heterocycles. The van der Waals surface area contributed by atoms with Gasteiger partial charge in [0, 0.05) is 11.0 Å². The summed E-state index contributed by atoms with van der Waals surface area (Å²) in [6, 6.07) is 7.20. The molecule has 0 unspecified atom stereocenters. The maximum Gasteiger partial charge on any atom is 0.265 e. The van der Waals surface area contributed by atoms with Gasteiger partial charge in [0.2, 0.25) is 0 Å². The SMILES string of the molecule is Cc1[nH]ncc1S(=O)(=O)Nc1cccc(CBr)c1. The monoisotopic (exact) mass is 329 g/mol. The van der Waals surface area contributed by atoms with Gasteiger partial charge < -0.3 is 0 Å². The fraction of sp³-hybridized carbons (Fsp3) is 0.182. The lowest BCUT2D eigenvalue weighted by atomic mass is 10.2. The molecule has 0 aliphatic carbocycles. The Kier molecular flexibility index (Phi) is 3.72. The molecule has 18 heavy (non-hydrogen) atoms. The fourth-order valence-electron chi connectivity index (χ4n) is 1.54. The Hall–Kier alpha value is -1.34. The molecule has 96 valence electrons. The molecule has 0 atom stereocenters. The molecule has 1 aromatic carbocycles. The Morgan fingerprint density at radius 1 is 1.44 bits per heavy atom. The molecule has 0 spiro atoms. The van der Waals surface area contributed by atoms with Crippen LogP contribution < -0.4 is 4.72 Å². The van der Waals surface area contributed by atoms with Crippen LogP contribution in [0.3, 0.4) is 0 Å². The van der Waals surface area contributed by atoms with Crippen LogP contribution in [-0.2, 0) is 15.4 Å². The molecule has 0 aliphatic heterocycles. The summed E-state index contributed by atoms with van der Waals surface area (Å²) in [5.74, 6) is 0. The van der Waals surface area contributed by atoms with Gasteiger partial charge >= 0.3 is 0 Å². The number of aryl methyl sites for hydroxylation is 1. The van der Waals surface area contributed by atoms with Crippen LogP contribution in [0.25, 0.3) is 0 Å². The van der Waals surface area contributed by atoms with Crippen molar-refractivity contribution in [1.82, 2.24) is 10.2 Å². The zero-order chi connectivity index (χ0) is 13.2. The van der Waals surface area contributed by atoms with Crippen molar-refractivity contribution >= 4 is 31.6 Å². The fourth-order valence-corrected chi connectivity index (χ4v) is 3.07. The molecule has 0 radical (unpaired) electrons. The molecule has 0 aliphatic rings. The highest BCUT2D eigenvalue weighted by molar-refractivity contribution is 9.08. The molecule has 0 fully saturated rings. The van der Waals surface area contributed by atoms with Gasteiger partial charge in [-0.25, -0.2) is 8.42 Å². The Labute approximate surface area is 114 Å². The van der Waals surface area contributed by atoms with E-state index in [-0.39, 0.29) is 4.90 Å². The number of alkyl halides is 1. The average molecular weight is 330 g/mol. The number of aromatic amines is 1. The van der Waals surface area contributed by atoms with Crippen molar-refractivity contribution in [2.24, 2.45) is 0 Å².